The summed E-state index contributed by atoms with van der Waals surface area (Å²) >= 11 is 0. The highest BCUT2D eigenvalue weighted by atomic mass is 16.4. The summed E-state index contributed by atoms with van der Waals surface area (Å²) in [7, 11) is 2.08. The number of rotatable bonds is 7. The number of hydrogen-bond acceptors (Lipinski definition) is 4. The summed E-state index contributed by atoms with van der Waals surface area (Å²) in [5, 5.41) is 11.4. The first-order valence-corrected chi connectivity index (χ1v) is 6.09. The number of hydrogen-bond donors (Lipinski definition) is 2. The van der Waals surface area contributed by atoms with Crippen LogP contribution in [-0.2, 0) is 0 Å². The van der Waals surface area contributed by atoms with E-state index in [1.54, 1.807) is 0 Å². The fourth-order valence-electron chi connectivity index (χ4n) is 2.04. The maximum Gasteiger partial charge on any atom is 0.140 e. The highest BCUT2D eigenvalue weighted by molar-refractivity contribution is 5.79. The van der Waals surface area contributed by atoms with Crippen molar-refractivity contribution >= 4 is 5.84 Å². The Bertz CT molecular complexity index is 214. The third-order valence-corrected chi connectivity index (χ3v) is 3.09. The lowest BCUT2D eigenvalue weighted by Gasteiger charge is -2.19. The largest absolute Gasteiger partial charge is 0.409 e. The van der Waals surface area contributed by atoms with Crippen molar-refractivity contribution < 1.29 is 5.21 Å². The van der Waals surface area contributed by atoms with Crippen LogP contribution in [0.15, 0.2) is 5.16 Å². The first kappa shape index (κ1) is 13.3. The molecule has 0 radical (unpaired) electrons. The maximum absolute atomic E-state index is 8.41. The Labute approximate surface area is 97.9 Å². The Morgan fingerprint density at radius 2 is 2.06 bits per heavy atom. The van der Waals surface area contributed by atoms with E-state index in [-0.39, 0.29) is 0 Å². The topological polar surface area (TPSA) is 65.1 Å². The Morgan fingerprint density at radius 3 is 2.69 bits per heavy atom. The Kier molecular flexibility index (Phi) is 6.18. The number of likely N-dealkylation sites (tertiary alicyclic amines) is 1. The molecular weight excluding hydrogens is 204 g/mol. The zero-order chi connectivity index (χ0) is 11.8. The van der Waals surface area contributed by atoms with E-state index in [4.69, 9.17) is 10.9 Å². The van der Waals surface area contributed by atoms with Crippen molar-refractivity contribution in [1.29, 1.82) is 0 Å². The van der Waals surface area contributed by atoms with Gasteiger partial charge >= 0.3 is 0 Å². The van der Waals surface area contributed by atoms with Gasteiger partial charge in [-0.25, -0.2) is 0 Å². The molecule has 0 unspecified atom stereocenters. The van der Waals surface area contributed by atoms with Gasteiger partial charge in [0, 0.05) is 13.0 Å². The molecule has 94 valence electrons. The lowest BCUT2D eigenvalue weighted by atomic mass is 10.3. The summed E-state index contributed by atoms with van der Waals surface area (Å²) in [4.78, 5) is 4.76. The van der Waals surface area contributed by atoms with Crippen LogP contribution in [0.25, 0.3) is 0 Å². The molecular formula is C11H24N4O. The summed E-state index contributed by atoms with van der Waals surface area (Å²) in [6.45, 7) is 5.68. The molecule has 1 fully saturated rings. The van der Waals surface area contributed by atoms with Crippen LogP contribution in [0.3, 0.4) is 0 Å². The van der Waals surface area contributed by atoms with Gasteiger partial charge in [-0.3, -0.25) is 0 Å². The van der Waals surface area contributed by atoms with E-state index < -0.39 is 0 Å². The van der Waals surface area contributed by atoms with E-state index in [1.807, 2.05) is 0 Å². The van der Waals surface area contributed by atoms with E-state index in [1.165, 1.54) is 38.9 Å². The van der Waals surface area contributed by atoms with Crippen LogP contribution >= 0.6 is 0 Å². The molecule has 1 saturated heterocycles. The van der Waals surface area contributed by atoms with Crippen molar-refractivity contribution in [3.8, 4) is 0 Å². The highest BCUT2D eigenvalue weighted by Gasteiger charge is 2.10. The fraction of sp³-hybridized carbons (Fsp3) is 0.909. The van der Waals surface area contributed by atoms with Crippen LogP contribution in [-0.4, -0.2) is 60.6 Å². The average molecular weight is 228 g/mol. The maximum atomic E-state index is 8.41. The summed E-state index contributed by atoms with van der Waals surface area (Å²) in [6.07, 6.45) is 4.56. The van der Waals surface area contributed by atoms with Gasteiger partial charge in [0.1, 0.15) is 5.84 Å². The molecule has 0 spiro atoms. The molecule has 0 aromatic carbocycles. The normalized spacial score (nSPS) is 18.5. The number of nitrogens with two attached hydrogens (primary N) is 1. The quantitative estimate of drug-likeness (QED) is 0.289. The SMILES string of the molecule is CN(CCCN1CCCC1)CCC(N)=NO. The molecule has 1 rings (SSSR count). The number of nitrogens with zero attached hydrogens (tertiary/aromatic N) is 3. The lowest BCUT2D eigenvalue weighted by Crippen LogP contribution is -2.28. The minimum absolute atomic E-state index is 0.311. The second-order valence-corrected chi connectivity index (χ2v) is 4.55. The Balaban J connectivity index is 1.99. The van der Waals surface area contributed by atoms with Crippen LogP contribution in [0, 0.1) is 0 Å². The summed E-state index contributed by atoms with van der Waals surface area (Å²) in [6, 6.07) is 0. The zero-order valence-corrected chi connectivity index (χ0v) is 10.2. The molecule has 1 heterocycles. The first-order chi connectivity index (χ1) is 7.72. The van der Waals surface area contributed by atoms with E-state index in [2.05, 4.69) is 22.0 Å². The van der Waals surface area contributed by atoms with E-state index >= 15 is 0 Å². The van der Waals surface area contributed by atoms with Gasteiger partial charge in [0.15, 0.2) is 0 Å². The van der Waals surface area contributed by atoms with Crippen molar-refractivity contribution in [1.82, 2.24) is 9.80 Å². The van der Waals surface area contributed by atoms with E-state index in [9.17, 15) is 0 Å². The van der Waals surface area contributed by atoms with Crippen LogP contribution in [0.5, 0.6) is 0 Å². The molecule has 1 aliphatic rings. The average Bonchev–Trinajstić information content (AvgIpc) is 2.79. The molecule has 0 aromatic heterocycles. The molecule has 0 atom stereocenters. The molecule has 0 bridgehead atoms. The second kappa shape index (κ2) is 7.46. The zero-order valence-electron chi connectivity index (χ0n) is 10.2. The first-order valence-electron chi connectivity index (χ1n) is 6.09. The van der Waals surface area contributed by atoms with Crippen LogP contribution in [0.4, 0.5) is 0 Å². The van der Waals surface area contributed by atoms with Crippen molar-refractivity contribution in [2.45, 2.75) is 25.7 Å². The van der Waals surface area contributed by atoms with Gasteiger partial charge in [-0.15, -0.1) is 0 Å². The Morgan fingerprint density at radius 1 is 1.38 bits per heavy atom. The van der Waals surface area contributed by atoms with Gasteiger partial charge in [-0.2, -0.15) is 0 Å². The number of amidine groups is 1. The van der Waals surface area contributed by atoms with Crippen LogP contribution in [0.2, 0.25) is 0 Å². The van der Waals surface area contributed by atoms with Gasteiger partial charge in [0.05, 0.1) is 0 Å². The molecule has 1 aliphatic heterocycles. The molecule has 0 aliphatic carbocycles. The minimum atomic E-state index is 0.311. The van der Waals surface area contributed by atoms with Gasteiger partial charge in [0.25, 0.3) is 0 Å². The third kappa shape index (κ3) is 5.32. The van der Waals surface area contributed by atoms with Crippen molar-refractivity contribution in [3.05, 3.63) is 0 Å². The summed E-state index contributed by atoms with van der Waals surface area (Å²) in [5.41, 5.74) is 5.41. The van der Waals surface area contributed by atoms with Crippen molar-refractivity contribution in [3.63, 3.8) is 0 Å². The van der Waals surface area contributed by atoms with E-state index in [0.29, 0.717) is 12.3 Å². The minimum Gasteiger partial charge on any atom is -0.409 e. The van der Waals surface area contributed by atoms with Gasteiger partial charge in [0.2, 0.25) is 0 Å². The summed E-state index contributed by atoms with van der Waals surface area (Å²) in [5.74, 6) is 0.311. The lowest BCUT2D eigenvalue weighted by molar-refractivity contribution is 0.281. The van der Waals surface area contributed by atoms with Crippen LogP contribution < -0.4 is 5.73 Å². The van der Waals surface area contributed by atoms with Gasteiger partial charge < -0.3 is 20.7 Å². The Hall–Kier alpha value is -0.810. The van der Waals surface area contributed by atoms with Gasteiger partial charge in [-0.1, -0.05) is 5.16 Å². The third-order valence-electron chi connectivity index (χ3n) is 3.09. The molecule has 0 saturated carbocycles. The predicted molar refractivity (Wildman–Crippen MR) is 65.8 cm³/mol. The van der Waals surface area contributed by atoms with Gasteiger partial charge in [-0.05, 0) is 52.5 Å². The molecule has 3 N–H and O–H groups in total. The monoisotopic (exact) mass is 228 g/mol. The molecule has 0 aromatic rings. The highest BCUT2D eigenvalue weighted by Crippen LogP contribution is 2.07. The number of oxime groups is 1. The molecule has 5 nitrogen and oxygen atoms in total. The summed E-state index contributed by atoms with van der Waals surface area (Å²) < 4.78 is 0. The standard InChI is InChI=1S/C11H24N4O/c1-14(10-5-11(12)13-16)6-4-9-15-7-2-3-8-15/h16H,2-10H2,1H3,(H2,12,13). The smallest absolute Gasteiger partial charge is 0.140 e. The van der Waals surface area contributed by atoms with Crippen molar-refractivity contribution in [2.75, 3.05) is 39.8 Å². The predicted octanol–water partition coefficient (Wildman–Crippen LogP) is 0.541. The molecule has 16 heavy (non-hydrogen) atoms. The van der Waals surface area contributed by atoms with Crippen molar-refractivity contribution in [2.24, 2.45) is 10.9 Å². The van der Waals surface area contributed by atoms with Crippen LogP contribution in [0.1, 0.15) is 25.7 Å². The van der Waals surface area contributed by atoms with E-state index in [0.717, 1.165) is 13.1 Å². The molecule has 5 heteroatoms. The molecule has 0 amide bonds. The second-order valence-electron chi connectivity index (χ2n) is 4.55. The fourth-order valence-corrected chi connectivity index (χ4v) is 2.04.